The van der Waals surface area contributed by atoms with E-state index >= 15 is 0 Å². The van der Waals surface area contributed by atoms with Gasteiger partial charge in [-0.05, 0) is 42.8 Å². The van der Waals surface area contributed by atoms with Crippen LogP contribution in [0.25, 0.3) is 0 Å². The van der Waals surface area contributed by atoms with Gasteiger partial charge < -0.3 is 11.1 Å². The second kappa shape index (κ2) is 5.28. The van der Waals surface area contributed by atoms with Crippen LogP contribution in [0.15, 0.2) is 36.4 Å². The molecule has 0 atom stereocenters. The largest absolute Gasteiger partial charge is 0.399 e. The molecular formula is C14H12ClFN2O. The Morgan fingerprint density at radius 2 is 2.05 bits per heavy atom. The first kappa shape index (κ1) is 13.4. The number of hydrogen-bond acceptors (Lipinski definition) is 2. The van der Waals surface area contributed by atoms with Crippen molar-refractivity contribution in [2.75, 3.05) is 11.1 Å². The maximum absolute atomic E-state index is 13.6. The predicted molar refractivity (Wildman–Crippen MR) is 75.0 cm³/mol. The minimum Gasteiger partial charge on any atom is -0.399 e. The summed E-state index contributed by atoms with van der Waals surface area (Å²) in [6.45, 7) is 1.80. The molecule has 2 aromatic carbocycles. The maximum atomic E-state index is 13.6. The van der Waals surface area contributed by atoms with Crippen LogP contribution in [0.5, 0.6) is 0 Å². The number of rotatable bonds is 2. The van der Waals surface area contributed by atoms with Gasteiger partial charge in [-0.2, -0.15) is 0 Å². The summed E-state index contributed by atoms with van der Waals surface area (Å²) in [4.78, 5) is 12.0. The Labute approximate surface area is 115 Å². The van der Waals surface area contributed by atoms with Crippen LogP contribution in [0.3, 0.4) is 0 Å². The minimum atomic E-state index is -0.655. The monoisotopic (exact) mass is 278 g/mol. The van der Waals surface area contributed by atoms with Crippen LogP contribution in [0.1, 0.15) is 15.9 Å². The first-order valence-electron chi connectivity index (χ1n) is 5.60. The number of carbonyl (C=O) groups excluding carboxylic acids is 1. The molecule has 98 valence electrons. The van der Waals surface area contributed by atoms with E-state index in [4.69, 9.17) is 17.3 Å². The topological polar surface area (TPSA) is 55.1 Å². The van der Waals surface area contributed by atoms with Crippen LogP contribution >= 0.6 is 11.6 Å². The number of halogens is 2. The summed E-state index contributed by atoms with van der Waals surface area (Å²) in [7, 11) is 0. The molecule has 3 N–H and O–H groups in total. The second-order valence-electron chi connectivity index (χ2n) is 4.13. The lowest BCUT2D eigenvalue weighted by Crippen LogP contribution is -2.15. The molecule has 5 heteroatoms. The van der Waals surface area contributed by atoms with E-state index in [0.29, 0.717) is 11.4 Å². The number of anilines is 2. The van der Waals surface area contributed by atoms with E-state index in [1.807, 2.05) is 0 Å². The van der Waals surface area contributed by atoms with Gasteiger partial charge in [0.1, 0.15) is 5.82 Å². The van der Waals surface area contributed by atoms with Crippen molar-refractivity contribution in [3.05, 3.63) is 58.4 Å². The van der Waals surface area contributed by atoms with E-state index in [-0.39, 0.29) is 10.6 Å². The number of nitrogens with one attached hydrogen (secondary N) is 1. The molecule has 0 aliphatic heterocycles. The molecule has 19 heavy (non-hydrogen) atoms. The molecule has 0 aromatic heterocycles. The molecular weight excluding hydrogens is 267 g/mol. The van der Waals surface area contributed by atoms with Crippen LogP contribution in [-0.4, -0.2) is 5.91 Å². The Hall–Kier alpha value is -2.07. The van der Waals surface area contributed by atoms with Gasteiger partial charge in [0.2, 0.25) is 0 Å². The molecule has 0 spiro atoms. The van der Waals surface area contributed by atoms with Gasteiger partial charge in [-0.1, -0.05) is 17.7 Å². The lowest BCUT2D eigenvalue weighted by atomic mass is 10.1. The second-order valence-corrected chi connectivity index (χ2v) is 4.53. The summed E-state index contributed by atoms with van der Waals surface area (Å²) < 4.78 is 13.6. The van der Waals surface area contributed by atoms with Crippen molar-refractivity contribution in [2.45, 2.75) is 6.92 Å². The fraction of sp³-hybridized carbons (Fsp3) is 0.0714. The molecule has 3 nitrogen and oxygen atoms in total. The lowest BCUT2D eigenvalue weighted by Gasteiger charge is -2.10. The van der Waals surface area contributed by atoms with Crippen molar-refractivity contribution in [3.8, 4) is 0 Å². The van der Waals surface area contributed by atoms with Crippen molar-refractivity contribution in [1.29, 1.82) is 0 Å². The van der Waals surface area contributed by atoms with Crippen LogP contribution in [0.4, 0.5) is 15.8 Å². The number of nitrogen functional groups attached to an aromatic ring is 1. The highest BCUT2D eigenvalue weighted by Gasteiger charge is 2.16. The summed E-state index contributed by atoms with van der Waals surface area (Å²) in [6.07, 6.45) is 0. The summed E-state index contributed by atoms with van der Waals surface area (Å²) in [5.74, 6) is -1.24. The Morgan fingerprint density at radius 3 is 2.68 bits per heavy atom. The molecule has 0 fully saturated rings. The molecule has 1 amide bonds. The summed E-state index contributed by atoms with van der Waals surface area (Å²) in [5, 5.41) is 2.69. The number of carbonyl (C=O) groups is 1. The molecule has 0 bridgehead atoms. The molecule has 0 unspecified atom stereocenters. The maximum Gasteiger partial charge on any atom is 0.260 e. The number of amides is 1. The molecule has 0 saturated heterocycles. The van der Waals surface area contributed by atoms with E-state index in [2.05, 4.69) is 5.32 Å². The van der Waals surface area contributed by atoms with Gasteiger partial charge in [0.05, 0.1) is 10.6 Å². The predicted octanol–water partition coefficient (Wildman–Crippen LogP) is 3.62. The van der Waals surface area contributed by atoms with Crippen molar-refractivity contribution in [2.24, 2.45) is 0 Å². The third-order valence-electron chi connectivity index (χ3n) is 2.69. The SMILES string of the molecule is Cc1cc(N)ccc1NC(=O)c1c(F)cccc1Cl. The fourth-order valence-corrected chi connectivity index (χ4v) is 1.98. The third kappa shape index (κ3) is 2.85. The lowest BCUT2D eigenvalue weighted by molar-refractivity contribution is 0.102. The van der Waals surface area contributed by atoms with Crippen molar-refractivity contribution < 1.29 is 9.18 Å². The van der Waals surface area contributed by atoms with Gasteiger partial charge >= 0.3 is 0 Å². The van der Waals surface area contributed by atoms with Crippen molar-refractivity contribution >= 4 is 28.9 Å². The van der Waals surface area contributed by atoms with Crippen molar-refractivity contribution in [1.82, 2.24) is 0 Å². The highest BCUT2D eigenvalue weighted by atomic mass is 35.5. The zero-order valence-electron chi connectivity index (χ0n) is 10.2. The molecule has 0 aliphatic rings. The highest BCUT2D eigenvalue weighted by molar-refractivity contribution is 6.34. The van der Waals surface area contributed by atoms with Gasteiger partial charge in [-0.25, -0.2) is 4.39 Å². The molecule has 0 heterocycles. The van der Waals surface area contributed by atoms with Crippen molar-refractivity contribution in [3.63, 3.8) is 0 Å². The van der Waals surface area contributed by atoms with Gasteiger partial charge in [-0.3, -0.25) is 4.79 Å². The van der Waals surface area contributed by atoms with Gasteiger partial charge in [-0.15, -0.1) is 0 Å². The molecule has 2 aromatic rings. The van der Waals surface area contributed by atoms with Gasteiger partial charge in [0.15, 0.2) is 0 Å². The summed E-state index contributed by atoms with van der Waals surface area (Å²) >= 11 is 5.83. The van der Waals surface area contributed by atoms with E-state index < -0.39 is 11.7 Å². The zero-order valence-corrected chi connectivity index (χ0v) is 11.0. The number of aryl methyl sites for hydroxylation is 1. The zero-order chi connectivity index (χ0) is 14.0. The first-order valence-corrected chi connectivity index (χ1v) is 5.98. The average Bonchev–Trinajstić information content (AvgIpc) is 2.32. The third-order valence-corrected chi connectivity index (χ3v) is 3.00. The van der Waals surface area contributed by atoms with Crippen LogP contribution in [0, 0.1) is 12.7 Å². The fourth-order valence-electron chi connectivity index (χ4n) is 1.73. The number of benzene rings is 2. The summed E-state index contributed by atoms with van der Waals surface area (Å²) in [5.41, 5.74) is 7.41. The van der Waals surface area contributed by atoms with E-state index in [0.717, 1.165) is 5.56 Å². The molecule has 2 rings (SSSR count). The average molecular weight is 279 g/mol. The van der Waals surface area contributed by atoms with E-state index in [9.17, 15) is 9.18 Å². The standard InChI is InChI=1S/C14H12ClFN2O/c1-8-7-9(17)5-6-12(8)18-14(19)13-10(15)3-2-4-11(13)16/h2-7H,17H2,1H3,(H,18,19). The number of hydrogen-bond donors (Lipinski definition) is 2. The van der Waals surface area contributed by atoms with E-state index in [1.54, 1.807) is 25.1 Å². The smallest absolute Gasteiger partial charge is 0.260 e. The Bertz CT molecular complexity index is 623. The first-order chi connectivity index (χ1) is 8.99. The quantitative estimate of drug-likeness (QED) is 0.824. The van der Waals surface area contributed by atoms with Crippen LogP contribution in [-0.2, 0) is 0 Å². The highest BCUT2D eigenvalue weighted by Crippen LogP contribution is 2.22. The van der Waals surface area contributed by atoms with Gasteiger partial charge in [0.25, 0.3) is 5.91 Å². The van der Waals surface area contributed by atoms with E-state index in [1.165, 1.54) is 18.2 Å². The number of nitrogens with two attached hydrogens (primary N) is 1. The minimum absolute atomic E-state index is 0.0746. The van der Waals surface area contributed by atoms with Crippen LogP contribution < -0.4 is 11.1 Å². The van der Waals surface area contributed by atoms with Gasteiger partial charge in [0, 0.05) is 11.4 Å². The molecule has 0 saturated carbocycles. The Morgan fingerprint density at radius 1 is 1.32 bits per heavy atom. The van der Waals surface area contributed by atoms with Crippen LogP contribution in [0.2, 0.25) is 5.02 Å². The Balaban J connectivity index is 2.31. The normalized spacial score (nSPS) is 10.3. The molecule has 0 aliphatic carbocycles. The molecule has 0 radical (unpaired) electrons. The summed E-state index contributed by atoms with van der Waals surface area (Å²) in [6, 6.07) is 9.15. The Kier molecular flexibility index (Phi) is 3.71.